The Balaban J connectivity index is 1.91. The second-order valence-corrected chi connectivity index (χ2v) is 5.14. The number of phenols is 1. The van der Waals surface area contributed by atoms with E-state index in [1.54, 1.807) is 12.1 Å². The van der Waals surface area contributed by atoms with Gasteiger partial charge in [0.2, 0.25) is 5.91 Å². The van der Waals surface area contributed by atoms with Gasteiger partial charge in [-0.1, -0.05) is 12.1 Å². The van der Waals surface area contributed by atoms with Crippen LogP contribution in [0.3, 0.4) is 0 Å². The van der Waals surface area contributed by atoms with E-state index in [0.29, 0.717) is 12.0 Å². The topological polar surface area (TPSA) is 61.7 Å². The first-order valence-corrected chi connectivity index (χ1v) is 6.67. The molecule has 1 amide bonds. The van der Waals surface area contributed by atoms with Crippen LogP contribution in [0.4, 0.5) is 0 Å². The van der Waals surface area contributed by atoms with Crippen molar-refractivity contribution >= 4 is 23.5 Å². The summed E-state index contributed by atoms with van der Waals surface area (Å²) in [6.45, 7) is 1.89. The monoisotopic (exact) mass is 274 g/mol. The Morgan fingerprint density at radius 1 is 1.47 bits per heavy atom. The number of phenolic OH excluding ortho intramolecular Hbond substituents is 1. The van der Waals surface area contributed by atoms with Crippen molar-refractivity contribution in [3.05, 3.63) is 51.7 Å². The number of rotatable bonds is 4. The highest BCUT2D eigenvalue weighted by Gasteiger charge is 2.02. The first kappa shape index (κ1) is 13.3. The Kier molecular flexibility index (Phi) is 4.30. The fourth-order valence-corrected chi connectivity index (χ4v) is 2.25. The third kappa shape index (κ3) is 3.93. The van der Waals surface area contributed by atoms with Crippen molar-refractivity contribution in [3.8, 4) is 5.75 Å². The highest BCUT2D eigenvalue weighted by atomic mass is 32.1. The maximum Gasteiger partial charge on any atom is 0.245 e. The fraction of sp³-hybridized carbons (Fsp3) is 0.143. The van der Waals surface area contributed by atoms with Crippen molar-refractivity contribution in [2.24, 2.45) is 5.10 Å². The van der Waals surface area contributed by atoms with E-state index >= 15 is 0 Å². The molecule has 0 spiro atoms. The summed E-state index contributed by atoms with van der Waals surface area (Å²) in [5.74, 6) is -0.0263. The lowest BCUT2D eigenvalue weighted by molar-refractivity contribution is -0.120. The molecule has 98 valence electrons. The molecule has 0 fully saturated rings. The second-order valence-electron chi connectivity index (χ2n) is 4.11. The van der Waals surface area contributed by atoms with E-state index in [1.807, 2.05) is 30.5 Å². The van der Waals surface area contributed by atoms with Gasteiger partial charge in [0.05, 0.1) is 12.6 Å². The van der Waals surface area contributed by atoms with E-state index in [2.05, 4.69) is 10.5 Å². The SMILES string of the molecule is Cc1ccc(/C=N/NC(=O)Cc2cccs2)c(O)c1. The van der Waals surface area contributed by atoms with Gasteiger partial charge in [-0.15, -0.1) is 11.3 Å². The van der Waals surface area contributed by atoms with Crippen LogP contribution < -0.4 is 5.43 Å². The Bertz CT molecular complexity index is 591. The summed E-state index contributed by atoms with van der Waals surface area (Å²) in [6, 6.07) is 9.07. The normalized spacial score (nSPS) is 10.8. The maximum absolute atomic E-state index is 11.6. The van der Waals surface area contributed by atoms with Gasteiger partial charge in [-0.25, -0.2) is 5.43 Å². The van der Waals surface area contributed by atoms with Crippen LogP contribution in [0.1, 0.15) is 16.0 Å². The minimum atomic E-state index is -0.176. The second kappa shape index (κ2) is 6.15. The molecule has 2 rings (SSSR count). The van der Waals surface area contributed by atoms with Crippen molar-refractivity contribution in [1.82, 2.24) is 5.43 Å². The molecule has 0 saturated heterocycles. The van der Waals surface area contributed by atoms with Crippen LogP contribution >= 0.6 is 11.3 Å². The van der Waals surface area contributed by atoms with Crippen LogP contribution in [0.5, 0.6) is 5.75 Å². The van der Waals surface area contributed by atoms with Crippen LogP contribution in [0.2, 0.25) is 0 Å². The van der Waals surface area contributed by atoms with Gasteiger partial charge in [-0.05, 0) is 36.1 Å². The maximum atomic E-state index is 11.6. The van der Waals surface area contributed by atoms with Crippen LogP contribution in [0.15, 0.2) is 40.8 Å². The van der Waals surface area contributed by atoms with E-state index in [9.17, 15) is 9.90 Å². The van der Waals surface area contributed by atoms with Crippen molar-refractivity contribution in [2.45, 2.75) is 13.3 Å². The van der Waals surface area contributed by atoms with E-state index in [1.165, 1.54) is 17.6 Å². The number of carbonyl (C=O) groups is 1. The molecule has 4 nitrogen and oxygen atoms in total. The zero-order valence-electron chi connectivity index (χ0n) is 10.5. The molecule has 0 aliphatic heterocycles. The minimum Gasteiger partial charge on any atom is -0.507 e. The van der Waals surface area contributed by atoms with E-state index in [-0.39, 0.29) is 11.7 Å². The summed E-state index contributed by atoms with van der Waals surface area (Å²) < 4.78 is 0. The number of nitrogens with zero attached hydrogens (tertiary/aromatic N) is 1. The summed E-state index contributed by atoms with van der Waals surface area (Å²) in [5, 5.41) is 15.4. The zero-order chi connectivity index (χ0) is 13.7. The highest BCUT2D eigenvalue weighted by molar-refractivity contribution is 7.10. The summed E-state index contributed by atoms with van der Waals surface area (Å²) >= 11 is 1.53. The number of benzene rings is 1. The third-order valence-corrected chi connectivity index (χ3v) is 3.37. The molecule has 2 aromatic rings. The fourth-order valence-electron chi connectivity index (χ4n) is 1.55. The van der Waals surface area contributed by atoms with Gasteiger partial charge in [0, 0.05) is 10.4 Å². The molecule has 0 bridgehead atoms. The number of aryl methyl sites for hydroxylation is 1. The molecular weight excluding hydrogens is 260 g/mol. The van der Waals surface area contributed by atoms with E-state index in [0.717, 1.165) is 10.4 Å². The number of hydrogen-bond donors (Lipinski definition) is 2. The Morgan fingerprint density at radius 2 is 2.32 bits per heavy atom. The number of nitrogens with one attached hydrogen (secondary N) is 1. The van der Waals surface area contributed by atoms with Gasteiger partial charge in [0.15, 0.2) is 0 Å². The summed E-state index contributed by atoms with van der Waals surface area (Å²) in [5.41, 5.74) is 3.98. The molecule has 2 N–H and O–H groups in total. The molecule has 0 aliphatic rings. The smallest absolute Gasteiger partial charge is 0.245 e. The van der Waals surface area contributed by atoms with Crippen LogP contribution in [-0.4, -0.2) is 17.2 Å². The van der Waals surface area contributed by atoms with Gasteiger partial charge < -0.3 is 5.11 Å². The Morgan fingerprint density at radius 3 is 3.00 bits per heavy atom. The molecule has 1 aromatic heterocycles. The predicted molar refractivity (Wildman–Crippen MR) is 76.6 cm³/mol. The van der Waals surface area contributed by atoms with Gasteiger partial charge in [-0.3, -0.25) is 4.79 Å². The molecule has 19 heavy (non-hydrogen) atoms. The Labute approximate surface area is 115 Å². The first-order valence-electron chi connectivity index (χ1n) is 5.79. The average molecular weight is 274 g/mol. The van der Waals surface area contributed by atoms with Crippen molar-refractivity contribution in [2.75, 3.05) is 0 Å². The van der Waals surface area contributed by atoms with E-state index < -0.39 is 0 Å². The molecule has 0 aliphatic carbocycles. The van der Waals surface area contributed by atoms with Gasteiger partial charge in [0.25, 0.3) is 0 Å². The standard InChI is InChI=1S/C14H14N2O2S/c1-10-4-5-11(13(17)7-10)9-15-16-14(18)8-12-3-2-6-19-12/h2-7,9,17H,8H2,1H3,(H,16,18)/b15-9+. The molecular formula is C14H14N2O2S. The van der Waals surface area contributed by atoms with Crippen molar-refractivity contribution in [1.29, 1.82) is 0 Å². The lowest BCUT2D eigenvalue weighted by atomic mass is 10.1. The number of hydrogen-bond acceptors (Lipinski definition) is 4. The molecule has 0 atom stereocenters. The summed E-state index contributed by atoms with van der Waals surface area (Å²) in [6.07, 6.45) is 1.75. The van der Waals surface area contributed by atoms with Gasteiger partial charge in [-0.2, -0.15) is 5.10 Å². The summed E-state index contributed by atoms with van der Waals surface area (Å²) in [7, 11) is 0. The highest BCUT2D eigenvalue weighted by Crippen LogP contribution is 2.16. The van der Waals surface area contributed by atoms with Crippen LogP contribution in [0, 0.1) is 6.92 Å². The molecule has 0 unspecified atom stereocenters. The van der Waals surface area contributed by atoms with Crippen LogP contribution in [-0.2, 0) is 11.2 Å². The van der Waals surface area contributed by atoms with Crippen molar-refractivity contribution in [3.63, 3.8) is 0 Å². The molecule has 0 radical (unpaired) electrons. The largest absolute Gasteiger partial charge is 0.507 e. The number of carbonyl (C=O) groups excluding carboxylic acids is 1. The Hall–Kier alpha value is -2.14. The lowest BCUT2D eigenvalue weighted by Crippen LogP contribution is -2.19. The molecule has 1 aromatic carbocycles. The molecule has 5 heteroatoms. The van der Waals surface area contributed by atoms with Gasteiger partial charge >= 0.3 is 0 Å². The van der Waals surface area contributed by atoms with Crippen molar-refractivity contribution < 1.29 is 9.90 Å². The number of amides is 1. The average Bonchev–Trinajstić information content (AvgIpc) is 2.84. The molecule has 1 heterocycles. The van der Waals surface area contributed by atoms with Gasteiger partial charge in [0.1, 0.15) is 5.75 Å². The summed E-state index contributed by atoms with van der Waals surface area (Å²) in [4.78, 5) is 12.6. The first-order chi connectivity index (χ1) is 9.15. The minimum absolute atomic E-state index is 0.149. The zero-order valence-corrected chi connectivity index (χ0v) is 11.3. The third-order valence-electron chi connectivity index (χ3n) is 2.49. The quantitative estimate of drug-likeness (QED) is 0.664. The predicted octanol–water partition coefficient (Wildman–Crippen LogP) is 2.45. The molecule has 0 saturated carbocycles. The van der Waals surface area contributed by atoms with E-state index in [4.69, 9.17) is 0 Å². The lowest BCUT2D eigenvalue weighted by Gasteiger charge is -2.00. The number of thiophene rings is 1. The number of hydrazone groups is 1. The number of aromatic hydroxyl groups is 1. The van der Waals surface area contributed by atoms with Crippen LogP contribution in [0.25, 0.3) is 0 Å².